The van der Waals surface area contributed by atoms with Gasteiger partial charge in [-0.3, -0.25) is 4.55 Å². The van der Waals surface area contributed by atoms with Gasteiger partial charge in [0.05, 0.1) is 27.0 Å². The smallest absolute Gasteiger partial charge is 0.294 e. The Morgan fingerprint density at radius 1 is 0.826 bits per heavy atom. The van der Waals surface area contributed by atoms with Gasteiger partial charge in [0, 0.05) is 16.8 Å². The Hall–Kier alpha value is -2.77. The van der Waals surface area contributed by atoms with Gasteiger partial charge in [-0.1, -0.05) is 24.3 Å². The molecule has 6 nitrogen and oxygen atoms in total. The molecule has 0 amide bonds. The van der Waals surface area contributed by atoms with E-state index in [9.17, 15) is 13.5 Å². The molecule has 0 unspecified atom stereocenters. The van der Waals surface area contributed by atoms with Crippen LogP contribution in [0.1, 0.15) is 0 Å². The zero-order chi connectivity index (χ0) is 16.2. The first kappa shape index (κ1) is 13.9. The van der Waals surface area contributed by atoms with Gasteiger partial charge >= 0.3 is 0 Å². The van der Waals surface area contributed by atoms with E-state index in [1.54, 1.807) is 6.07 Å². The van der Waals surface area contributed by atoms with E-state index in [0.29, 0.717) is 27.5 Å². The third-order valence-electron chi connectivity index (χ3n) is 3.69. The number of hydrogen-bond acceptors (Lipinski definition) is 5. The molecule has 0 spiro atoms. The Bertz CT molecular complexity index is 1200. The van der Waals surface area contributed by atoms with Crippen molar-refractivity contribution >= 4 is 43.0 Å². The van der Waals surface area contributed by atoms with Crippen LogP contribution in [-0.2, 0) is 10.1 Å². The summed E-state index contributed by atoms with van der Waals surface area (Å²) in [7, 11) is -4.31. The monoisotopic (exact) mass is 326 g/mol. The minimum Gasteiger partial charge on any atom is -0.507 e. The van der Waals surface area contributed by atoms with Crippen molar-refractivity contribution in [2.45, 2.75) is 4.90 Å². The molecule has 0 fully saturated rings. The van der Waals surface area contributed by atoms with Gasteiger partial charge in [0.2, 0.25) is 0 Å². The van der Waals surface area contributed by atoms with Gasteiger partial charge < -0.3 is 5.11 Å². The predicted molar refractivity (Wildman–Crippen MR) is 86.0 cm³/mol. The number of fused-ring (bicyclic) bond motifs is 4. The Labute approximate surface area is 130 Å². The van der Waals surface area contributed by atoms with Crippen molar-refractivity contribution in [3.63, 3.8) is 0 Å². The first-order valence-corrected chi connectivity index (χ1v) is 8.17. The predicted octanol–water partition coefficient (Wildman–Crippen LogP) is 2.89. The zero-order valence-corrected chi connectivity index (χ0v) is 12.4. The van der Waals surface area contributed by atoms with Crippen molar-refractivity contribution < 1.29 is 18.1 Å². The largest absolute Gasteiger partial charge is 0.507 e. The Morgan fingerprint density at radius 2 is 1.57 bits per heavy atom. The summed E-state index contributed by atoms with van der Waals surface area (Å²) in [5.74, 6) is 0.0766. The second-order valence-corrected chi connectivity index (χ2v) is 6.58. The number of benzene rings is 3. The van der Waals surface area contributed by atoms with Crippen molar-refractivity contribution in [2.75, 3.05) is 0 Å². The van der Waals surface area contributed by atoms with Gasteiger partial charge in [0.25, 0.3) is 10.1 Å². The van der Waals surface area contributed by atoms with Crippen LogP contribution < -0.4 is 0 Å². The number of aromatic nitrogens is 2. The zero-order valence-electron chi connectivity index (χ0n) is 11.6. The van der Waals surface area contributed by atoms with Crippen LogP contribution in [0.2, 0.25) is 0 Å². The fourth-order valence-electron chi connectivity index (χ4n) is 2.63. The van der Waals surface area contributed by atoms with Crippen LogP contribution >= 0.6 is 0 Å². The minimum atomic E-state index is -4.31. The van der Waals surface area contributed by atoms with E-state index in [4.69, 9.17) is 4.55 Å². The van der Waals surface area contributed by atoms with Crippen LogP contribution in [0.5, 0.6) is 5.75 Å². The van der Waals surface area contributed by atoms with Crippen LogP contribution in [0.3, 0.4) is 0 Å². The van der Waals surface area contributed by atoms with E-state index in [0.717, 1.165) is 5.39 Å². The van der Waals surface area contributed by atoms with Crippen molar-refractivity contribution in [1.82, 2.24) is 9.97 Å². The van der Waals surface area contributed by atoms with Crippen LogP contribution in [0.15, 0.2) is 53.4 Å². The maximum absolute atomic E-state index is 11.2. The van der Waals surface area contributed by atoms with Crippen LogP contribution in [-0.4, -0.2) is 28.0 Å². The Kier molecular flexibility index (Phi) is 2.78. The van der Waals surface area contributed by atoms with Gasteiger partial charge in [-0.25, -0.2) is 9.97 Å². The summed E-state index contributed by atoms with van der Waals surface area (Å²) in [6, 6.07) is 12.8. The molecule has 0 saturated carbocycles. The van der Waals surface area contributed by atoms with Gasteiger partial charge in [0.1, 0.15) is 5.75 Å². The lowest BCUT2D eigenvalue weighted by atomic mass is 10.1. The van der Waals surface area contributed by atoms with Gasteiger partial charge in [0.15, 0.2) is 0 Å². The highest BCUT2D eigenvalue weighted by molar-refractivity contribution is 7.85. The van der Waals surface area contributed by atoms with Crippen molar-refractivity contribution in [2.24, 2.45) is 0 Å². The second-order valence-electron chi connectivity index (χ2n) is 5.16. The van der Waals surface area contributed by atoms with Crippen molar-refractivity contribution in [1.29, 1.82) is 0 Å². The molecule has 0 atom stereocenters. The molecule has 7 heteroatoms. The normalized spacial score (nSPS) is 12.2. The topological polar surface area (TPSA) is 100 Å². The van der Waals surface area contributed by atoms with Crippen LogP contribution in [0.25, 0.3) is 32.8 Å². The summed E-state index contributed by atoms with van der Waals surface area (Å²) >= 11 is 0. The van der Waals surface area contributed by atoms with E-state index >= 15 is 0 Å². The van der Waals surface area contributed by atoms with E-state index in [2.05, 4.69) is 9.97 Å². The lowest BCUT2D eigenvalue weighted by Gasteiger charge is -2.07. The summed E-state index contributed by atoms with van der Waals surface area (Å²) in [4.78, 5) is 8.64. The second kappa shape index (κ2) is 4.61. The molecule has 23 heavy (non-hydrogen) atoms. The molecular formula is C16H10N2O4S. The lowest BCUT2D eigenvalue weighted by molar-refractivity contribution is 0.481. The third-order valence-corrected chi connectivity index (χ3v) is 4.54. The molecule has 0 aliphatic rings. The first-order chi connectivity index (χ1) is 10.9. The number of rotatable bonds is 1. The lowest BCUT2D eigenvalue weighted by Crippen LogP contribution is -1.98. The van der Waals surface area contributed by atoms with Crippen LogP contribution in [0, 0.1) is 0 Å². The van der Waals surface area contributed by atoms with Crippen LogP contribution in [0.4, 0.5) is 0 Å². The highest BCUT2D eigenvalue weighted by atomic mass is 32.2. The third kappa shape index (κ3) is 2.18. The summed E-state index contributed by atoms with van der Waals surface area (Å²) in [5, 5.41) is 11.6. The van der Waals surface area contributed by atoms with E-state index in [-0.39, 0.29) is 10.6 Å². The summed E-state index contributed by atoms with van der Waals surface area (Å²) < 4.78 is 31.6. The van der Waals surface area contributed by atoms with Gasteiger partial charge in [-0.15, -0.1) is 0 Å². The molecule has 0 bridgehead atoms. The minimum absolute atomic E-state index is 0.0766. The summed E-state index contributed by atoms with van der Waals surface area (Å²) in [6.45, 7) is 0. The molecule has 0 saturated heterocycles. The van der Waals surface area contributed by atoms with E-state index < -0.39 is 10.1 Å². The Balaban J connectivity index is 2.14. The van der Waals surface area contributed by atoms with Crippen molar-refractivity contribution in [3.05, 3.63) is 48.5 Å². The van der Waals surface area contributed by atoms with Crippen molar-refractivity contribution in [3.8, 4) is 5.75 Å². The maximum atomic E-state index is 11.2. The maximum Gasteiger partial charge on any atom is 0.294 e. The summed E-state index contributed by atoms with van der Waals surface area (Å²) in [5.41, 5.74) is 1.88. The van der Waals surface area contributed by atoms with Gasteiger partial charge in [-0.2, -0.15) is 8.42 Å². The van der Waals surface area contributed by atoms with E-state index in [1.807, 2.05) is 18.2 Å². The number of hydrogen-bond donors (Lipinski definition) is 2. The number of phenols is 1. The highest BCUT2D eigenvalue weighted by Crippen LogP contribution is 2.32. The average molecular weight is 326 g/mol. The molecule has 1 heterocycles. The van der Waals surface area contributed by atoms with Gasteiger partial charge in [-0.05, 0) is 18.2 Å². The molecule has 1 aromatic heterocycles. The number of aromatic hydroxyl groups is 1. The number of nitrogens with zero attached hydrogens (tertiary/aromatic N) is 2. The molecule has 0 aliphatic heterocycles. The average Bonchev–Trinajstić information content (AvgIpc) is 2.52. The number of phenolic OH excluding ortho intramolecular Hbond substituents is 1. The highest BCUT2D eigenvalue weighted by Gasteiger charge is 2.13. The first-order valence-electron chi connectivity index (χ1n) is 6.73. The molecule has 4 aromatic rings. The molecule has 4 rings (SSSR count). The molecule has 0 aliphatic carbocycles. The molecule has 0 radical (unpaired) electrons. The molecular weight excluding hydrogens is 316 g/mol. The SMILES string of the molecule is O=S(=O)(O)c1ccc2nc3c(cc(O)c4ccccc43)nc2c1. The standard InChI is InChI=1S/C16H10N2O4S/c19-15-8-14-16(11-4-2-1-3-10(11)15)18-12-6-5-9(23(20,21)22)7-13(12)17-14/h1-8,19H,(H,20,21,22). The van der Waals surface area contributed by atoms with E-state index in [1.165, 1.54) is 24.3 Å². The molecule has 3 aromatic carbocycles. The fourth-order valence-corrected chi connectivity index (χ4v) is 3.13. The summed E-state index contributed by atoms with van der Waals surface area (Å²) in [6.07, 6.45) is 0. The Morgan fingerprint density at radius 3 is 2.30 bits per heavy atom. The molecule has 114 valence electrons. The molecule has 2 N–H and O–H groups in total. The fraction of sp³-hybridized carbons (Fsp3) is 0. The quantitative estimate of drug-likeness (QED) is 0.317.